The van der Waals surface area contributed by atoms with Crippen LogP contribution in [0, 0.1) is 5.92 Å². The number of nitrogens with zero attached hydrogens (tertiary/aromatic N) is 2. The zero-order valence-electron chi connectivity index (χ0n) is 12.6. The molecule has 1 aliphatic heterocycles. The molecule has 0 unspecified atom stereocenters. The molecule has 1 aliphatic rings. The first kappa shape index (κ1) is 16.1. The van der Waals surface area contributed by atoms with Gasteiger partial charge >= 0.3 is 0 Å². The van der Waals surface area contributed by atoms with Crippen molar-refractivity contribution >= 4 is 21.6 Å². The van der Waals surface area contributed by atoms with Gasteiger partial charge in [-0.3, -0.25) is 0 Å². The smallest absolute Gasteiger partial charge is 0.279 e. The van der Waals surface area contributed by atoms with Crippen LogP contribution >= 0.6 is 0 Å². The molecule has 7 heteroatoms. The van der Waals surface area contributed by atoms with E-state index in [4.69, 9.17) is 5.73 Å². The van der Waals surface area contributed by atoms with Crippen LogP contribution in [0.2, 0.25) is 0 Å². The Bertz CT molecular complexity index is 549. The molecular weight excluding hydrogens is 288 g/mol. The Balaban J connectivity index is 1.92. The van der Waals surface area contributed by atoms with Crippen molar-refractivity contribution in [2.45, 2.75) is 13.8 Å². The van der Waals surface area contributed by atoms with Crippen molar-refractivity contribution in [1.29, 1.82) is 0 Å². The minimum absolute atomic E-state index is 0.302. The van der Waals surface area contributed by atoms with Crippen molar-refractivity contribution in [2.24, 2.45) is 5.92 Å². The Morgan fingerprint density at radius 1 is 1.14 bits per heavy atom. The zero-order chi connectivity index (χ0) is 15.5. The molecule has 0 bridgehead atoms. The van der Waals surface area contributed by atoms with Crippen LogP contribution in [0.1, 0.15) is 13.8 Å². The summed E-state index contributed by atoms with van der Waals surface area (Å²) in [6.07, 6.45) is 0. The van der Waals surface area contributed by atoms with Crippen molar-refractivity contribution in [3.05, 3.63) is 24.3 Å². The third kappa shape index (κ3) is 4.33. The number of nitrogens with two attached hydrogens (primary N) is 1. The van der Waals surface area contributed by atoms with Gasteiger partial charge in [0.15, 0.2) is 0 Å². The summed E-state index contributed by atoms with van der Waals surface area (Å²) in [4.78, 5) is 2.17. The van der Waals surface area contributed by atoms with Crippen molar-refractivity contribution in [3.63, 3.8) is 0 Å². The number of anilines is 2. The first-order valence-electron chi connectivity index (χ1n) is 7.24. The fourth-order valence-electron chi connectivity index (χ4n) is 2.24. The van der Waals surface area contributed by atoms with E-state index in [1.165, 1.54) is 4.31 Å². The fraction of sp³-hybridized carbons (Fsp3) is 0.571. The van der Waals surface area contributed by atoms with Gasteiger partial charge in [-0.05, 0) is 30.2 Å². The molecular formula is C14H24N4O2S. The molecule has 0 radical (unpaired) electrons. The van der Waals surface area contributed by atoms with Crippen LogP contribution in [0.4, 0.5) is 11.4 Å². The lowest BCUT2D eigenvalue weighted by molar-refractivity contribution is 0.376. The molecule has 0 saturated carbocycles. The van der Waals surface area contributed by atoms with Gasteiger partial charge in [0.1, 0.15) is 0 Å². The molecule has 0 amide bonds. The number of rotatable bonds is 5. The molecule has 1 heterocycles. The van der Waals surface area contributed by atoms with Crippen LogP contribution in [0.15, 0.2) is 24.3 Å². The summed E-state index contributed by atoms with van der Waals surface area (Å²) in [6.45, 7) is 6.82. The van der Waals surface area contributed by atoms with Gasteiger partial charge < -0.3 is 10.6 Å². The van der Waals surface area contributed by atoms with E-state index in [0.29, 0.717) is 38.6 Å². The van der Waals surface area contributed by atoms with Gasteiger partial charge in [0.2, 0.25) is 0 Å². The van der Waals surface area contributed by atoms with Crippen LogP contribution in [-0.2, 0) is 10.2 Å². The van der Waals surface area contributed by atoms with E-state index in [2.05, 4.69) is 9.62 Å². The van der Waals surface area contributed by atoms with Gasteiger partial charge in [0.25, 0.3) is 10.2 Å². The predicted molar refractivity (Wildman–Crippen MR) is 86.4 cm³/mol. The molecule has 2 rings (SSSR count). The van der Waals surface area contributed by atoms with Crippen LogP contribution in [-0.4, -0.2) is 45.4 Å². The maximum atomic E-state index is 12.2. The number of nitrogens with one attached hydrogen (secondary N) is 1. The quantitative estimate of drug-likeness (QED) is 0.791. The summed E-state index contributed by atoms with van der Waals surface area (Å²) in [5.41, 5.74) is 7.49. The second kappa shape index (κ2) is 6.64. The number of piperazine rings is 1. The Morgan fingerprint density at radius 3 is 2.24 bits per heavy atom. The summed E-state index contributed by atoms with van der Waals surface area (Å²) < 4.78 is 28.5. The van der Waals surface area contributed by atoms with Crippen LogP contribution < -0.4 is 15.4 Å². The molecule has 0 aromatic heterocycles. The van der Waals surface area contributed by atoms with E-state index in [9.17, 15) is 8.42 Å². The van der Waals surface area contributed by atoms with E-state index in [1.54, 1.807) is 0 Å². The minimum Gasteiger partial charge on any atom is -0.399 e. The van der Waals surface area contributed by atoms with Crippen LogP contribution in [0.5, 0.6) is 0 Å². The number of nitrogen functional groups attached to an aromatic ring is 1. The fourth-order valence-corrected chi connectivity index (χ4v) is 3.61. The molecule has 118 valence electrons. The Hall–Kier alpha value is -1.31. The average molecular weight is 312 g/mol. The second-order valence-electron chi connectivity index (χ2n) is 5.72. The van der Waals surface area contributed by atoms with Crippen LogP contribution in [0.3, 0.4) is 0 Å². The Labute approximate surface area is 127 Å². The van der Waals surface area contributed by atoms with E-state index in [1.807, 2.05) is 38.1 Å². The Morgan fingerprint density at radius 2 is 1.71 bits per heavy atom. The summed E-state index contributed by atoms with van der Waals surface area (Å²) in [5.74, 6) is 0.302. The standard InChI is InChI=1S/C14H24N4O2S/c1-12(2)11-16-21(19,20)18-9-7-17(8-10-18)14-5-3-13(15)4-6-14/h3-6,12,16H,7-11,15H2,1-2H3. The molecule has 1 saturated heterocycles. The van der Waals surface area contributed by atoms with Crippen LogP contribution in [0.25, 0.3) is 0 Å². The maximum Gasteiger partial charge on any atom is 0.279 e. The van der Waals surface area contributed by atoms with Crippen molar-refractivity contribution in [3.8, 4) is 0 Å². The van der Waals surface area contributed by atoms with Gasteiger partial charge in [-0.15, -0.1) is 0 Å². The second-order valence-corrected chi connectivity index (χ2v) is 7.48. The molecule has 0 spiro atoms. The monoisotopic (exact) mass is 312 g/mol. The SMILES string of the molecule is CC(C)CNS(=O)(=O)N1CCN(c2ccc(N)cc2)CC1. The molecule has 0 aliphatic carbocycles. The maximum absolute atomic E-state index is 12.2. The number of hydrogen-bond donors (Lipinski definition) is 2. The van der Waals surface area contributed by atoms with E-state index < -0.39 is 10.2 Å². The van der Waals surface area contributed by atoms with E-state index >= 15 is 0 Å². The molecule has 6 nitrogen and oxygen atoms in total. The van der Waals surface area contributed by atoms with Gasteiger partial charge in [0.05, 0.1) is 0 Å². The largest absolute Gasteiger partial charge is 0.399 e. The van der Waals surface area contributed by atoms with Crippen molar-refractivity contribution in [2.75, 3.05) is 43.4 Å². The summed E-state index contributed by atoms with van der Waals surface area (Å²) in [6, 6.07) is 7.66. The highest BCUT2D eigenvalue weighted by atomic mass is 32.2. The third-order valence-electron chi connectivity index (χ3n) is 3.51. The molecule has 3 N–H and O–H groups in total. The van der Waals surface area contributed by atoms with Gasteiger partial charge in [-0.2, -0.15) is 12.7 Å². The van der Waals surface area contributed by atoms with Gasteiger partial charge in [-0.25, -0.2) is 4.72 Å². The normalized spacial score (nSPS) is 17.4. The lowest BCUT2D eigenvalue weighted by Gasteiger charge is -2.35. The van der Waals surface area contributed by atoms with Crippen molar-refractivity contribution < 1.29 is 8.42 Å². The first-order chi connectivity index (χ1) is 9.88. The molecule has 1 aromatic rings. The van der Waals surface area contributed by atoms with Gasteiger partial charge in [-0.1, -0.05) is 13.8 Å². The lowest BCUT2D eigenvalue weighted by atomic mass is 10.2. The third-order valence-corrected chi connectivity index (χ3v) is 5.09. The number of hydrogen-bond acceptors (Lipinski definition) is 4. The molecule has 1 aromatic carbocycles. The molecule has 21 heavy (non-hydrogen) atoms. The minimum atomic E-state index is -3.35. The highest BCUT2D eigenvalue weighted by Gasteiger charge is 2.26. The van der Waals surface area contributed by atoms with Gasteiger partial charge in [0, 0.05) is 44.1 Å². The summed E-state index contributed by atoms with van der Waals surface area (Å²) in [5, 5.41) is 0. The highest BCUT2D eigenvalue weighted by molar-refractivity contribution is 7.87. The topological polar surface area (TPSA) is 78.7 Å². The summed E-state index contributed by atoms with van der Waals surface area (Å²) >= 11 is 0. The highest BCUT2D eigenvalue weighted by Crippen LogP contribution is 2.18. The first-order valence-corrected chi connectivity index (χ1v) is 8.68. The summed E-state index contributed by atoms with van der Waals surface area (Å²) in [7, 11) is -3.35. The lowest BCUT2D eigenvalue weighted by Crippen LogP contribution is -2.52. The Kier molecular flexibility index (Phi) is 5.08. The number of benzene rings is 1. The zero-order valence-corrected chi connectivity index (χ0v) is 13.4. The van der Waals surface area contributed by atoms with E-state index in [0.717, 1.165) is 11.4 Å². The molecule has 0 atom stereocenters. The molecule has 1 fully saturated rings. The van der Waals surface area contributed by atoms with E-state index in [-0.39, 0.29) is 0 Å². The average Bonchev–Trinajstić information content (AvgIpc) is 2.46. The predicted octanol–water partition coefficient (Wildman–Crippen LogP) is 0.881. The van der Waals surface area contributed by atoms with Crippen molar-refractivity contribution in [1.82, 2.24) is 9.03 Å².